The van der Waals surface area contributed by atoms with Crippen LogP contribution in [0.4, 0.5) is 4.39 Å². The second kappa shape index (κ2) is 9.31. The Morgan fingerprint density at radius 3 is 2.82 bits per heavy atom. The monoisotopic (exact) mass is 494 g/mol. The van der Waals surface area contributed by atoms with E-state index in [1.807, 2.05) is 40.9 Å². The predicted molar refractivity (Wildman–Crippen MR) is 118 cm³/mol. The largest absolute Gasteiger partial charge is 0.349 e. The fourth-order valence-corrected chi connectivity index (χ4v) is 3.65. The van der Waals surface area contributed by atoms with Gasteiger partial charge in [-0.1, -0.05) is 18.2 Å². The van der Waals surface area contributed by atoms with Gasteiger partial charge in [0.1, 0.15) is 5.82 Å². The first-order valence-corrected chi connectivity index (χ1v) is 9.21. The van der Waals surface area contributed by atoms with E-state index in [-0.39, 0.29) is 29.8 Å². The molecular formula is C20H24FIN6. The van der Waals surface area contributed by atoms with Crippen molar-refractivity contribution in [2.24, 2.45) is 10.9 Å². The van der Waals surface area contributed by atoms with Crippen molar-refractivity contribution in [2.75, 3.05) is 20.1 Å². The lowest BCUT2D eigenvalue weighted by Gasteiger charge is -2.21. The number of nitrogens with one attached hydrogen (secondary N) is 1. The highest BCUT2D eigenvalue weighted by Crippen LogP contribution is 2.21. The van der Waals surface area contributed by atoms with Crippen LogP contribution in [0.2, 0.25) is 0 Å². The van der Waals surface area contributed by atoms with Gasteiger partial charge in [0, 0.05) is 26.3 Å². The Morgan fingerprint density at radius 1 is 1.21 bits per heavy atom. The Morgan fingerprint density at radius 2 is 2.04 bits per heavy atom. The van der Waals surface area contributed by atoms with E-state index in [4.69, 9.17) is 0 Å². The molecule has 6 nitrogen and oxygen atoms in total. The minimum absolute atomic E-state index is 0. The minimum Gasteiger partial charge on any atom is -0.349 e. The molecule has 1 aliphatic heterocycles. The highest BCUT2D eigenvalue weighted by molar-refractivity contribution is 14.0. The van der Waals surface area contributed by atoms with Crippen LogP contribution in [0.25, 0.3) is 5.65 Å². The van der Waals surface area contributed by atoms with Crippen molar-refractivity contribution in [3.8, 4) is 0 Å². The summed E-state index contributed by atoms with van der Waals surface area (Å²) in [6, 6.07) is 12.7. The molecule has 1 aromatic carbocycles. The maximum atomic E-state index is 13.1. The number of nitrogens with zero attached hydrogens (tertiary/aromatic N) is 5. The molecule has 1 unspecified atom stereocenters. The summed E-state index contributed by atoms with van der Waals surface area (Å²) >= 11 is 0. The molecule has 0 bridgehead atoms. The Bertz CT molecular complexity index is 939. The zero-order valence-corrected chi connectivity index (χ0v) is 18.1. The van der Waals surface area contributed by atoms with E-state index in [1.54, 1.807) is 7.05 Å². The van der Waals surface area contributed by atoms with Gasteiger partial charge < -0.3 is 10.2 Å². The first-order valence-electron chi connectivity index (χ1n) is 9.21. The number of hydrogen-bond acceptors (Lipinski definition) is 3. The van der Waals surface area contributed by atoms with E-state index in [1.165, 1.54) is 17.7 Å². The lowest BCUT2D eigenvalue weighted by atomic mass is 9.99. The highest BCUT2D eigenvalue weighted by Gasteiger charge is 2.25. The number of aliphatic imine (C=N–C) groups is 1. The third kappa shape index (κ3) is 4.60. The number of halogens is 2. The van der Waals surface area contributed by atoms with Gasteiger partial charge >= 0.3 is 0 Å². The molecular weight excluding hydrogens is 470 g/mol. The van der Waals surface area contributed by atoms with Crippen molar-refractivity contribution in [3.05, 3.63) is 65.9 Å². The van der Waals surface area contributed by atoms with Gasteiger partial charge in [-0.25, -0.2) is 4.39 Å². The van der Waals surface area contributed by atoms with Gasteiger partial charge in [-0.15, -0.1) is 34.2 Å². The second-order valence-corrected chi connectivity index (χ2v) is 6.88. The number of guanidine groups is 1. The van der Waals surface area contributed by atoms with Crippen LogP contribution in [0.15, 0.2) is 53.7 Å². The molecule has 2 aromatic heterocycles. The van der Waals surface area contributed by atoms with Gasteiger partial charge in [-0.3, -0.25) is 9.39 Å². The Kier molecular flexibility index (Phi) is 6.82. The summed E-state index contributed by atoms with van der Waals surface area (Å²) < 4.78 is 15.0. The number of benzene rings is 1. The quantitative estimate of drug-likeness (QED) is 0.344. The Labute approximate surface area is 180 Å². The van der Waals surface area contributed by atoms with E-state index in [0.29, 0.717) is 12.5 Å². The lowest BCUT2D eigenvalue weighted by Crippen LogP contribution is -2.40. The molecule has 0 radical (unpaired) electrons. The number of likely N-dealkylation sites (tertiary alicyclic amines) is 1. The minimum atomic E-state index is -0.183. The Balaban J connectivity index is 0.00000225. The average Bonchev–Trinajstić information content (AvgIpc) is 3.32. The van der Waals surface area contributed by atoms with E-state index >= 15 is 0 Å². The summed E-state index contributed by atoms with van der Waals surface area (Å²) in [6.45, 7) is 2.47. The molecule has 3 aromatic rings. The third-order valence-electron chi connectivity index (χ3n) is 5.02. The summed E-state index contributed by atoms with van der Waals surface area (Å²) in [7, 11) is 1.80. The fraction of sp³-hybridized carbons (Fsp3) is 0.350. The SMILES string of the molecule is CN=C(NCc1nnc2ccccn12)N1CCC(Cc2ccc(F)cc2)C1.I. The van der Waals surface area contributed by atoms with Crippen LogP contribution in [0, 0.1) is 11.7 Å². The molecule has 1 saturated heterocycles. The predicted octanol–water partition coefficient (Wildman–Crippen LogP) is 3.13. The standard InChI is InChI=1S/C20H23FN6.HI/c1-22-20(23-13-19-25-24-18-4-2-3-10-27(18)19)26-11-9-16(14-26)12-15-5-7-17(21)8-6-15;/h2-8,10,16H,9,11-14H2,1H3,(H,22,23);1H. The summed E-state index contributed by atoms with van der Waals surface area (Å²) in [5, 5.41) is 11.8. The van der Waals surface area contributed by atoms with E-state index in [0.717, 1.165) is 43.4 Å². The van der Waals surface area contributed by atoms with Crippen LogP contribution in [0.5, 0.6) is 0 Å². The van der Waals surface area contributed by atoms with E-state index in [2.05, 4.69) is 25.4 Å². The van der Waals surface area contributed by atoms with E-state index in [9.17, 15) is 4.39 Å². The van der Waals surface area contributed by atoms with Crippen molar-refractivity contribution in [2.45, 2.75) is 19.4 Å². The molecule has 8 heteroatoms. The fourth-order valence-electron chi connectivity index (χ4n) is 3.65. The van der Waals surface area contributed by atoms with Gasteiger partial charge in [-0.2, -0.15) is 0 Å². The van der Waals surface area contributed by atoms with Crippen molar-refractivity contribution < 1.29 is 4.39 Å². The van der Waals surface area contributed by atoms with Gasteiger partial charge in [0.05, 0.1) is 6.54 Å². The van der Waals surface area contributed by atoms with Crippen molar-refractivity contribution in [1.82, 2.24) is 24.8 Å². The van der Waals surface area contributed by atoms with Crippen molar-refractivity contribution in [3.63, 3.8) is 0 Å². The van der Waals surface area contributed by atoms with Crippen LogP contribution < -0.4 is 5.32 Å². The first kappa shape index (κ1) is 20.5. The first-order chi connectivity index (χ1) is 13.2. The smallest absolute Gasteiger partial charge is 0.194 e. The van der Waals surface area contributed by atoms with E-state index < -0.39 is 0 Å². The molecule has 28 heavy (non-hydrogen) atoms. The van der Waals surface area contributed by atoms with Gasteiger partial charge in [0.15, 0.2) is 17.4 Å². The van der Waals surface area contributed by atoms with Crippen molar-refractivity contribution in [1.29, 1.82) is 0 Å². The Hall–Kier alpha value is -2.23. The zero-order valence-electron chi connectivity index (χ0n) is 15.8. The number of hydrogen-bond donors (Lipinski definition) is 1. The van der Waals surface area contributed by atoms with Crippen LogP contribution in [0.3, 0.4) is 0 Å². The summed E-state index contributed by atoms with van der Waals surface area (Å²) in [5.41, 5.74) is 2.02. The zero-order chi connectivity index (χ0) is 18.6. The van der Waals surface area contributed by atoms with Crippen molar-refractivity contribution >= 4 is 35.6 Å². The molecule has 4 rings (SSSR count). The summed E-state index contributed by atoms with van der Waals surface area (Å²) in [5.74, 6) is 2.10. The lowest BCUT2D eigenvalue weighted by molar-refractivity contribution is 0.458. The molecule has 1 fully saturated rings. The van der Waals surface area contributed by atoms with Crippen LogP contribution in [-0.2, 0) is 13.0 Å². The van der Waals surface area contributed by atoms with Gasteiger partial charge in [0.25, 0.3) is 0 Å². The van der Waals surface area contributed by atoms with Gasteiger partial charge in [0.2, 0.25) is 0 Å². The summed E-state index contributed by atoms with van der Waals surface area (Å²) in [6.07, 6.45) is 4.03. The molecule has 148 valence electrons. The number of rotatable bonds is 4. The maximum Gasteiger partial charge on any atom is 0.194 e. The maximum absolute atomic E-state index is 13.1. The van der Waals surface area contributed by atoms with Crippen LogP contribution in [-0.4, -0.2) is 45.6 Å². The molecule has 1 atom stereocenters. The molecule has 0 spiro atoms. The average molecular weight is 494 g/mol. The normalized spacial score (nSPS) is 17.0. The third-order valence-corrected chi connectivity index (χ3v) is 5.02. The summed E-state index contributed by atoms with van der Waals surface area (Å²) in [4.78, 5) is 6.70. The number of aromatic nitrogens is 3. The molecule has 0 amide bonds. The van der Waals surface area contributed by atoms with Crippen LogP contribution in [0.1, 0.15) is 17.8 Å². The molecule has 1 N–H and O–H groups in total. The topological polar surface area (TPSA) is 57.8 Å². The molecule has 3 heterocycles. The second-order valence-electron chi connectivity index (χ2n) is 6.88. The number of fused-ring (bicyclic) bond motifs is 1. The molecule has 0 saturated carbocycles. The number of pyridine rings is 1. The van der Waals surface area contributed by atoms with Crippen LogP contribution >= 0.6 is 24.0 Å². The highest BCUT2D eigenvalue weighted by atomic mass is 127. The molecule has 1 aliphatic rings. The van der Waals surface area contributed by atoms with Gasteiger partial charge in [-0.05, 0) is 48.6 Å². The molecule has 0 aliphatic carbocycles.